The van der Waals surface area contributed by atoms with Crippen molar-refractivity contribution < 1.29 is 44.5 Å². The lowest BCUT2D eigenvalue weighted by Gasteiger charge is -2.39. The van der Waals surface area contributed by atoms with Crippen LogP contribution in [-0.4, -0.2) is 68.8 Å². The van der Waals surface area contributed by atoms with Gasteiger partial charge in [-0.05, 0) is 6.07 Å². The third kappa shape index (κ3) is 2.73. The van der Waals surface area contributed by atoms with Crippen molar-refractivity contribution in [1.82, 2.24) is 0 Å². The molecule has 0 saturated carbocycles. The van der Waals surface area contributed by atoms with Gasteiger partial charge in [0.2, 0.25) is 6.29 Å². The first-order valence-electron chi connectivity index (χ1n) is 6.92. The number of carbonyl (C=O) groups excluding carboxylic acids is 1. The van der Waals surface area contributed by atoms with Crippen molar-refractivity contribution >= 4 is 5.97 Å². The lowest BCUT2D eigenvalue weighted by atomic mass is 9.99. The smallest absolute Gasteiger partial charge is 0.342 e. The lowest BCUT2D eigenvalue weighted by Crippen LogP contribution is -2.60. The van der Waals surface area contributed by atoms with Crippen LogP contribution in [0.1, 0.15) is 15.9 Å². The highest BCUT2D eigenvalue weighted by Gasteiger charge is 2.45. The predicted molar refractivity (Wildman–Crippen MR) is 71.6 cm³/mol. The number of rotatable bonds is 3. The highest BCUT2D eigenvalue weighted by Crippen LogP contribution is 2.35. The third-order valence-corrected chi connectivity index (χ3v) is 3.82. The zero-order valence-electron chi connectivity index (χ0n) is 11.8. The van der Waals surface area contributed by atoms with Gasteiger partial charge in [0.1, 0.15) is 48.1 Å². The molecule has 1 saturated heterocycles. The number of hydrogen-bond acceptors (Lipinski definition) is 9. The van der Waals surface area contributed by atoms with Gasteiger partial charge in [-0.2, -0.15) is 0 Å². The van der Waals surface area contributed by atoms with Crippen LogP contribution < -0.4 is 4.74 Å². The molecule has 1 aromatic rings. The van der Waals surface area contributed by atoms with Crippen LogP contribution in [0.2, 0.25) is 0 Å². The summed E-state index contributed by atoms with van der Waals surface area (Å²) in [5.41, 5.74) is 0.495. The predicted octanol–water partition coefficient (Wildman–Crippen LogP) is -1.76. The van der Waals surface area contributed by atoms with E-state index in [4.69, 9.17) is 19.3 Å². The van der Waals surface area contributed by atoms with E-state index in [0.717, 1.165) is 6.07 Å². The second kappa shape index (κ2) is 5.95. The van der Waals surface area contributed by atoms with Crippen LogP contribution in [0, 0.1) is 0 Å². The Hall–Kier alpha value is -1.91. The molecule has 0 aliphatic carbocycles. The van der Waals surface area contributed by atoms with Gasteiger partial charge in [-0.1, -0.05) is 0 Å². The van der Waals surface area contributed by atoms with E-state index < -0.39 is 43.3 Å². The number of cyclic esters (lactones) is 1. The molecule has 9 nitrogen and oxygen atoms in total. The zero-order chi connectivity index (χ0) is 16.7. The van der Waals surface area contributed by atoms with E-state index in [1.807, 2.05) is 0 Å². The summed E-state index contributed by atoms with van der Waals surface area (Å²) < 4.78 is 15.5. The summed E-state index contributed by atoms with van der Waals surface area (Å²) in [5, 5.41) is 48.2. The number of benzene rings is 1. The molecule has 5 N–H and O–H groups in total. The van der Waals surface area contributed by atoms with E-state index in [0.29, 0.717) is 5.56 Å². The van der Waals surface area contributed by atoms with Crippen LogP contribution in [0.25, 0.3) is 0 Å². The zero-order valence-corrected chi connectivity index (χ0v) is 11.8. The van der Waals surface area contributed by atoms with Gasteiger partial charge in [-0.15, -0.1) is 0 Å². The van der Waals surface area contributed by atoms with Crippen molar-refractivity contribution in [2.24, 2.45) is 0 Å². The molecule has 126 valence electrons. The van der Waals surface area contributed by atoms with Gasteiger partial charge in [0.05, 0.1) is 6.61 Å². The van der Waals surface area contributed by atoms with Crippen molar-refractivity contribution in [3.8, 4) is 11.5 Å². The summed E-state index contributed by atoms with van der Waals surface area (Å²) in [4.78, 5) is 11.7. The summed E-state index contributed by atoms with van der Waals surface area (Å²) in [6.07, 6.45) is -7.35. The number of fused-ring (bicyclic) bond motifs is 1. The molecule has 0 spiro atoms. The topological polar surface area (TPSA) is 146 Å². The maximum atomic E-state index is 11.7. The first kappa shape index (κ1) is 16.0. The number of ether oxygens (including phenoxy) is 3. The molecule has 5 atom stereocenters. The average Bonchev–Trinajstić information content (AvgIpc) is 2.89. The minimum atomic E-state index is -1.62. The fourth-order valence-electron chi connectivity index (χ4n) is 2.60. The minimum absolute atomic E-state index is 0.0202. The molecule has 23 heavy (non-hydrogen) atoms. The Bertz CT molecular complexity index is 615. The maximum absolute atomic E-state index is 11.7. The number of esters is 1. The molecule has 0 bridgehead atoms. The van der Waals surface area contributed by atoms with E-state index in [2.05, 4.69) is 0 Å². The normalized spacial score (nSPS) is 33.2. The number of phenolic OH excluding ortho intramolecular Hbond substituents is 1. The standard InChI is InChI=1S/C14H16O9/c15-3-8-10(17)11(18)12(19)14(23-8)22-7-2-6(16)1-5-4-21-13(20)9(5)7/h1-2,8,10-12,14-19H,3-4H2/t8-,10-,11+,12-,14-/m1/s1. The average molecular weight is 328 g/mol. The number of aliphatic hydroxyl groups is 4. The van der Waals surface area contributed by atoms with Crippen molar-refractivity contribution in [1.29, 1.82) is 0 Å². The van der Waals surface area contributed by atoms with Crippen LogP contribution in [0.4, 0.5) is 0 Å². The summed E-state index contributed by atoms with van der Waals surface area (Å²) in [5.74, 6) is -0.923. The van der Waals surface area contributed by atoms with E-state index in [1.54, 1.807) is 0 Å². The molecule has 0 radical (unpaired) electrons. The maximum Gasteiger partial charge on any atom is 0.342 e. The van der Waals surface area contributed by atoms with Crippen LogP contribution in [0.15, 0.2) is 12.1 Å². The van der Waals surface area contributed by atoms with Gasteiger partial charge >= 0.3 is 5.97 Å². The van der Waals surface area contributed by atoms with Crippen molar-refractivity contribution in [2.75, 3.05) is 6.61 Å². The highest BCUT2D eigenvalue weighted by atomic mass is 16.7. The van der Waals surface area contributed by atoms with E-state index in [-0.39, 0.29) is 23.7 Å². The Morgan fingerprint density at radius 1 is 1.17 bits per heavy atom. The SMILES string of the molecule is O=C1OCc2cc(O)cc(O[C@@H]3O[C@H](CO)[C@@H](O)[C@H](O)[C@H]3O)c21. The molecular formula is C14H16O9. The first-order chi connectivity index (χ1) is 10.9. The molecule has 0 unspecified atom stereocenters. The van der Waals surface area contributed by atoms with Crippen LogP contribution in [0.5, 0.6) is 11.5 Å². The van der Waals surface area contributed by atoms with Crippen molar-refractivity contribution in [3.05, 3.63) is 23.3 Å². The third-order valence-electron chi connectivity index (χ3n) is 3.82. The Balaban J connectivity index is 1.89. The quantitative estimate of drug-likeness (QED) is 0.407. The van der Waals surface area contributed by atoms with Crippen LogP contribution >= 0.6 is 0 Å². The molecule has 1 aromatic carbocycles. The minimum Gasteiger partial charge on any atom is -0.508 e. The molecule has 9 heteroatoms. The van der Waals surface area contributed by atoms with Crippen LogP contribution in [0.3, 0.4) is 0 Å². The number of hydrogen-bond donors (Lipinski definition) is 5. The molecule has 2 aliphatic heterocycles. The van der Waals surface area contributed by atoms with Crippen molar-refractivity contribution in [2.45, 2.75) is 37.3 Å². The van der Waals surface area contributed by atoms with Gasteiger partial charge in [0, 0.05) is 11.6 Å². The molecular weight excluding hydrogens is 312 g/mol. The van der Waals surface area contributed by atoms with E-state index in [1.165, 1.54) is 6.07 Å². The molecule has 3 rings (SSSR count). The molecule has 0 amide bonds. The van der Waals surface area contributed by atoms with Gasteiger partial charge in [-0.25, -0.2) is 4.79 Å². The van der Waals surface area contributed by atoms with Gasteiger partial charge < -0.3 is 39.7 Å². The Kier molecular flexibility index (Phi) is 4.13. The highest BCUT2D eigenvalue weighted by molar-refractivity contribution is 5.96. The van der Waals surface area contributed by atoms with Gasteiger partial charge in [0.15, 0.2) is 0 Å². The van der Waals surface area contributed by atoms with E-state index in [9.17, 15) is 25.2 Å². The Morgan fingerprint density at radius 3 is 2.61 bits per heavy atom. The molecule has 0 aromatic heterocycles. The number of carbonyl (C=O) groups is 1. The largest absolute Gasteiger partial charge is 0.508 e. The Labute approximate surface area is 130 Å². The number of phenols is 1. The van der Waals surface area contributed by atoms with Gasteiger partial charge in [-0.3, -0.25) is 0 Å². The Morgan fingerprint density at radius 2 is 1.91 bits per heavy atom. The molecule has 2 heterocycles. The fourth-order valence-corrected chi connectivity index (χ4v) is 2.60. The first-order valence-corrected chi connectivity index (χ1v) is 6.92. The summed E-state index contributed by atoms with van der Waals surface area (Å²) in [6, 6.07) is 2.49. The lowest BCUT2D eigenvalue weighted by molar-refractivity contribution is -0.277. The monoisotopic (exact) mass is 328 g/mol. The van der Waals surface area contributed by atoms with Crippen molar-refractivity contribution in [3.63, 3.8) is 0 Å². The second-order valence-corrected chi connectivity index (χ2v) is 5.37. The molecule has 1 fully saturated rings. The van der Waals surface area contributed by atoms with E-state index >= 15 is 0 Å². The number of aliphatic hydroxyl groups excluding tert-OH is 4. The number of aromatic hydroxyl groups is 1. The fraction of sp³-hybridized carbons (Fsp3) is 0.500. The summed E-state index contributed by atoms with van der Waals surface area (Å²) in [6.45, 7) is -0.626. The summed E-state index contributed by atoms with van der Waals surface area (Å²) >= 11 is 0. The molecule has 2 aliphatic rings. The summed E-state index contributed by atoms with van der Waals surface area (Å²) in [7, 11) is 0. The van der Waals surface area contributed by atoms with Crippen LogP contribution in [-0.2, 0) is 16.1 Å². The second-order valence-electron chi connectivity index (χ2n) is 5.37. The van der Waals surface area contributed by atoms with Gasteiger partial charge in [0.25, 0.3) is 0 Å².